The molecule has 4 heteroatoms. The molecule has 0 radical (unpaired) electrons. The fraction of sp³-hybridized carbons (Fsp3) is 0.556. The minimum absolute atomic E-state index is 0.0133. The highest BCUT2D eigenvalue weighted by Crippen LogP contribution is 2.29. The van der Waals surface area contributed by atoms with E-state index in [2.05, 4.69) is 22.4 Å². The average Bonchev–Trinajstić information content (AvgIpc) is 2.62. The molecule has 70 valence electrons. The molecular weight excluding hydrogens is 166 g/mol. The van der Waals surface area contributed by atoms with E-state index in [1.165, 1.54) is 0 Å². The van der Waals surface area contributed by atoms with Crippen LogP contribution in [0.1, 0.15) is 29.4 Å². The standard InChI is InChI=1S/C9H13N3O/c1-5-3-8(5)11-9(13)7-4-10-12-6(7)2/h4-5,8H,3H2,1-2H3,(H,10,12)(H,11,13)/t5-,8-/m1/s1. The summed E-state index contributed by atoms with van der Waals surface area (Å²) in [7, 11) is 0. The molecule has 1 aromatic rings. The second kappa shape index (κ2) is 2.87. The molecule has 1 amide bonds. The lowest BCUT2D eigenvalue weighted by molar-refractivity contribution is 0.0949. The number of hydrogen-bond donors (Lipinski definition) is 2. The molecule has 1 saturated carbocycles. The molecule has 2 atom stereocenters. The lowest BCUT2D eigenvalue weighted by atomic mass is 10.2. The zero-order valence-electron chi connectivity index (χ0n) is 7.79. The summed E-state index contributed by atoms with van der Waals surface area (Å²) in [6.45, 7) is 3.98. The maximum absolute atomic E-state index is 11.6. The van der Waals surface area contributed by atoms with Crippen LogP contribution in [0.25, 0.3) is 0 Å². The fourth-order valence-electron chi connectivity index (χ4n) is 1.35. The van der Waals surface area contributed by atoms with Gasteiger partial charge in [0.2, 0.25) is 0 Å². The lowest BCUT2D eigenvalue weighted by Gasteiger charge is -2.01. The van der Waals surface area contributed by atoms with Crippen LogP contribution in [0.2, 0.25) is 0 Å². The summed E-state index contributed by atoms with van der Waals surface area (Å²) >= 11 is 0. The molecule has 4 nitrogen and oxygen atoms in total. The summed E-state index contributed by atoms with van der Waals surface area (Å²) in [6.07, 6.45) is 2.67. The Morgan fingerprint density at radius 3 is 2.92 bits per heavy atom. The highest BCUT2D eigenvalue weighted by atomic mass is 16.1. The molecule has 0 saturated heterocycles. The summed E-state index contributed by atoms with van der Waals surface area (Å²) in [6, 6.07) is 0.377. The number of rotatable bonds is 2. The summed E-state index contributed by atoms with van der Waals surface area (Å²) in [5, 5.41) is 9.50. The van der Waals surface area contributed by atoms with Crippen molar-refractivity contribution in [3.8, 4) is 0 Å². The highest BCUT2D eigenvalue weighted by molar-refractivity contribution is 5.95. The van der Waals surface area contributed by atoms with Crippen molar-refractivity contribution in [2.45, 2.75) is 26.3 Å². The SMILES string of the molecule is Cc1[nH]ncc1C(=O)N[C@@H]1C[C@H]1C. The number of H-pyrrole nitrogens is 1. The van der Waals surface area contributed by atoms with Gasteiger partial charge in [0.25, 0.3) is 5.91 Å². The van der Waals surface area contributed by atoms with Gasteiger partial charge in [-0.05, 0) is 19.3 Å². The molecule has 1 heterocycles. The smallest absolute Gasteiger partial charge is 0.254 e. The van der Waals surface area contributed by atoms with Crippen LogP contribution in [0.15, 0.2) is 6.20 Å². The van der Waals surface area contributed by atoms with E-state index in [-0.39, 0.29) is 5.91 Å². The quantitative estimate of drug-likeness (QED) is 0.707. The van der Waals surface area contributed by atoms with Crippen LogP contribution in [0.3, 0.4) is 0 Å². The van der Waals surface area contributed by atoms with Crippen molar-refractivity contribution in [2.75, 3.05) is 0 Å². The summed E-state index contributed by atoms with van der Waals surface area (Å²) < 4.78 is 0. The van der Waals surface area contributed by atoms with E-state index in [9.17, 15) is 4.79 Å². The van der Waals surface area contributed by atoms with Gasteiger partial charge in [-0.15, -0.1) is 0 Å². The Labute approximate surface area is 76.7 Å². The Bertz CT molecular complexity index is 331. The molecule has 0 aromatic carbocycles. The molecule has 0 bridgehead atoms. The third-order valence-corrected chi connectivity index (χ3v) is 2.50. The first-order chi connectivity index (χ1) is 6.18. The number of nitrogens with zero attached hydrogens (tertiary/aromatic N) is 1. The van der Waals surface area contributed by atoms with Gasteiger partial charge in [-0.3, -0.25) is 9.89 Å². The van der Waals surface area contributed by atoms with Crippen molar-refractivity contribution in [3.63, 3.8) is 0 Å². The van der Waals surface area contributed by atoms with Gasteiger partial charge >= 0.3 is 0 Å². The van der Waals surface area contributed by atoms with E-state index in [1.807, 2.05) is 6.92 Å². The number of carbonyl (C=O) groups excluding carboxylic acids is 1. The molecule has 1 fully saturated rings. The minimum atomic E-state index is -0.0133. The van der Waals surface area contributed by atoms with Crippen molar-refractivity contribution in [1.29, 1.82) is 0 Å². The largest absolute Gasteiger partial charge is 0.349 e. The number of amides is 1. The Kier molecular flexibility index (Phi) is 1.83. The number of aromatic nitrogens is 2. The Morgan fingerprint density at radius 2 is 2.46 bits per heavy atom. The Hall–Kier alpha value is -1.32. The first kappa shape index (κ1) is 8.29. The van der Waals surface area contributed by atoms with Gasteiger partial charge in [-0.25, -0.2) is 0 Å². The molecular formula is C9H13N3O. The molecule has 1 aromatic heterocycles. The van der Waals surface area contributed by atoms with Crippen LogP contribution in [0, 0.1) is 12.8 Å². The number of carbonyl (C=O) groups is 1. The van der Waals surface area contributed by atoms with Gasteiger partial charge in [-0.2, -0.15) is 5.10 Å². The van der Waals surface area contributed by atoms with E-state index in [0.29, 0.717) is 17.5 Å². The average molecular weight is 179 g/mol. The van der Waals surface area contributed by atoms with Crippen LogP contribution in [0.4, 0.5) is 0 Å². The number of hydrogen-bond acceptors (Lipinski definition) is 2. The van der Waals surface area contributed by atoms with Crippen LogP contribution >= 0.6 is 0 Å². The summed E-state index contributed by atoms with van der Waals surface area (Å²) in [5.74, 6) is 0.622. The first-order valence-electron chi connectivity index (χ1n) is 4.49. The Balaban J connectivity index is 2.01. The number of aromatic amines is 1. The van der Waals surface area contributed by atoms with E-state index in [1.54, 1.807) is 6.20 Å². The molecule has 1 aliphatic carbocycles. The molecule has 2 rings (SSSR count). The van der Waals surface area contributed by atoms with Crippen LogP contribution < -0.4 is 5.32 Å². The maximum atomic E-state index is 11.6. The fourth-order valence-corrected chi connectivity index (χ4v) is 1.35. The second-order valence-electron chi connectivity index (χ2n) is 3.70. The zero-order valence-corrected chi connectivity index (χ0v) is 7.79. The highest BCUT2D eigenvalue weighted by Gasteiger charge is 2.34. The molecule has 0 unspecified atom stereocenters. The normalized spacial score (nSPS) is 25.7. The van der Waals surface area contributed by atoms with Crippen molar-refractivity contribution >= 4 is 5.91 Å². The first-order valence-corrected chi connectivity index (χ1v) is 4.49. The van der Waals surface area contributed by atoms with E-state index in [0.717, 1.165) is 12.1 Å². The lowest BCUT2D eigenvalue weighted by Crippen LogP contribution is -2.26. The van der Waals surface area contributed by atoms with Gasteiger partial charge in [-0.1, -0.05) is 6.92 Å². The van der Waals surface area contributed by atoms with Crippen molar-refractivity contribution < 1.29 is 4.79 Å². The monoisotopic (exact) mass is 179 g/mol. The van der Waals surface area contributed by atoms with Crippen LogP contribution in [-0.2, 0) is 0 Å². The minimum Gasteiger partial charge on any atom is -0.349 e. The third-order valence-electron chi connectivity index (χ3n) is 2.50. The van der Waals surface area contributed by atoms with E-state index >= 15 is 0 Å². The number of aryl methyl sites for hydroxylation is 1. The van der Waals surface area contributed by atoms with Crippen molar-refractivity contribution in [2.24, 2.45) is 5.92 Å². The third kappa shape index (κ3) is 1.56. The molecule has 2 N–H and O–H groups in total. The number of nitrogens with one attached hydrogen (secondary N) is 2. The maximum Gasteiger partial charge on any atom is 0.254 e. The van der Waals surface area contributed by atoms with E-state index < -0.39 is 0 Å². The second-order valence-corrected chi connectivity index (χ2v) is 3.70. The molecule has 13 heavy (non-hydrogen) atoms. The van der Waals surface area contributed by atoms with Gasteiger partial charge in [0, 0.05) is 11.7 Å². The van der Waals surface area contributed by atoms with Crippen molar-refractivity contribution in [3.05, 3.63) is 17.5 Å². The summed E-state index contributed by atoms with van der Waals surface area (Å²) in [4.78, 5) is 11.6. The van der Waals surface area contributed by atoms with Gasteiger partial charge in [0.1, 0.15) is 0 Å². The van der Waals surface area contributed by atoms with Gasteiger partial charge in [0.15, 0.2) is 0 Å². The van der Waals surface area contributed by atoms with Gasteiger partial charge < -0.3 is 5.32 Å². The van der Waals surface area contributed by atoms with Crippen LogP contribution in [0.5, 0.6) is 0 Å². The Morgan fingerprint density at radius 1 is 1.77 bits per heavy atom. The predicted octanol–water partition coefficient (Wildman–Crippen LogP) is 0.856. The molecule has 0 spiro atoms. The zero-order chi connectivity index (χ0) is 9.42. The molecule has 0 aliphatic heterocycles. The van der Waals surface area contributed by atoms with Gasteiger partial charge in [0.05, 0.1) is 11.8 Å². The van der Waals surface area contributed by atoms with Crippen molar-refractivity contribution in [1.82, 2.24) is 15.5 Å². The summed E-state index contributed by atoms with van der Waals surface area (Å²) in [5.41, 5.74) is 1.48. The van der Waals surface area contributed by atoms with E-state index in [4.69, 9.17) is 0 Å². The predicted molar refractivity (Wildman–Crippen MR) is 48.4 cm³/mol. The molecule has 1 aliphatic rings. The topological polar surface area (TPSA) is 57.8 Å². The van der Waals surface area contributed by atoms with Crippen LogP contribution in [-0.4, -0.2) is 22.1 Å².